The summed E-state index contributed by atoms with van der Waals surface area (Å²) in [6.45, 7) is 3.70. The number of hydrogen-bond acceptors (Lipinski definition) is 4. The first-order chi connectivity index (χ1) is 6.72. The quantitative estimate of drug-likeness (QED) is 0.497. The highest BCUT2D eigenvalue weighted by Crippen LogP contribution is 2.16. The van der Waals surface area contributed by atoms with E-state index in [-0.39, 0.29) is 6.61 Å². The summed E-state index contributed by atoms with van der Waals surface area (Å²) in [4.78, 5) is 2.35. The molecule has 14 heavy (non-hydrogen) atoms. The van der Waals surface area contributed by atoms with Gasteiger partial charge in [0.05, 0.1) is 12.7 Å². The molecule has 0 aliphatic carbocycles. The third-order valence-corrected chi connectivity index (χ3v) is 2.81. The summed E-state index contributed by atoms with van der Waals surface area (Å²) in [5.41, 5.74) is 0. The van der Waals surface area contributed by atoms with Crippen LogP contribution in [0.4, 0.5) is 0 Å². The van der Waals surface area contributed by atoms with Gasteiger partial charge in [-0.05, 0) is 38.9 Å². The van der Waals surface area contributed by atoms with Crippen molar-refractivity contribution in [2.75, 3.05) is 39.8 Å². The van der Waals surface area contributed by atoms with Crippen LogP contribution in [0.3, 0.4) is 0 Å². The highest BCUT2D eigenvalue weighted by atomic mass is 16.3. The van der Waals surface area contributed by atoms with Crippen molar-refractivity contribution in [3.8, 4) is 0 Å². The van der Waals surface area contributed by atoms with Crippen molar-refractivity contribution in [2.45, 2.75) is 18.9 Å². The van der Waals surface area contributed by atoms with Crippen LogP contribution >= 0.6 is 0 Å². The molecule has 0 radical (unpaired) electrons. The zero-order valence-electron chi connectivity index (χ0n) is 8.95. The highest BCUT2D eigenvalue weighted by Gasteiger charge is 2.18. The van der Waals surface area contributed by atoms with E-state index in [4.69, 9.17) is 10.2 Å². The SMILES string of the molecule is CN1CCC(CCNCC(O)CO)C1. The summed E-state index contributed by atoms with van der Waals surface area (Å²) >= 11 is 0. The van der Waals surface area contributed by atoms with Gasteiger partial charge in [0.2, 0.25) is 0 Å². The van der Waals surface area contributed by atoms with Crippen molar-refractivity contribution in [3.63, 3.8) is 0 Å². The zero-order chi connectivity index (χ0) is 10.4. The van der Waals surface area contributed by atoms with Gasteiger partial charge in [-0.15, -0.1) is 0 Å². The number of nitrogens with zero attached hydrogens (tertiary/aromatic N) is 1. The van der Waals surface area contributed by atoms with Gasteiger partial charge in [-0.1, -0.05) is 0 Å². The first kappa shape index (κ1) is 11.9. The lowest BCUT2D eigenvalue weighted by Gasteiger charge is -2.12. The van der Waals surface area contributed by atoms with Gasteiger partial charge in [0.25, 0.3) is 0 Å². The lowest BCUT2D eigenvalue weighted by molar-refractivity contribution is 0.0943. The summed E-state index contributed by atoms with van der Waals surface area (Å²) in [6, 6.07) is 0. The third kappa shape index (κ3) is 4.37. The molecule has 1 aliphatic rings. The van der Waals surface area contributed by atoms with E-state index in [9.17, 15) is 0 Å². The molecule has 0 spiro atoms. The molecule has 0 saturated carbocycles. The molecule has 0 aromatic heterocycles. The van der Waals surface area contributed by atoms with E-state index in [0.717, 1.165) is 12.5 Å². The maximum Gasteiger partial charge on any atom is 0.0894 e. The van der Waals surface area contributed by atoms with Crippen molar-refractivity contribution in [3.05, 3.63) is 0 Å². The van der Waals surface area contributed by atoms with Crippen LogP contribution in [0.1, 0.15) is 12.8 Å². The van der Waals surface area contributed by atoms with Gasteiger partial charge in [-0.25, -0.2) is 0 Å². The van der Waals surface area contributed by atoms with E-state index in [2.05, 4.69) is 17.3 Å². The Morgan fingerprint density at radius 3 is 2.93 bits per heavy atom. The largest absolute Gasteiger partial charge is 0.394 e. The van der Waals surface area contributed by atoms with Crippen LogP contribution < -0.4 is 5.32 Å². The van der Waals surface area contributed by atoms with Gasteiger partial charge in [-0.2, -0.15) is 0 Å². The van der Waals surface area contributed by atoms with Crippen molar-refractivity contribution < 1.29 is 10.2 Å². The molecule has 0 aromatic carbocycles. The number of rotatable bonds is 6. The van der Waals surface area contributed by atoms with Crippen LogP contribution in [-0.2, 0) is 0 Å². The Kier molecular flexibility index (Phi) is 5.40. The summed E-state index contributed by atoms with van der Waals surface area (Å²) in [7, 11) is 2.16. The first-order valence-electron chi connectivity index (χ1n) is 5.40. The summed E-state index contributed by atoms with van der Waals surface area (Å²) in [5.74, 6) is 0.804. The molecule has 0 amide bonds. The average Bonchev–Trinajstić information content (AvgIpc) is 2.58. The van der Waals surface area contributed by atoms with E-state index >= 15 is 0 Å². The van der Waals surface area contributed by atoms with Crippen molar-refractivity contribution >= 4 is 0 Å². The predicted molar refractivity (Wildman–Crippen MR) is 56.2 cm³/mol. The van der Waals surface area contributed by atoms with Gasteiger partial charge in [0.15, 0.2) is 0 Å². The monoisotopic (exact) mass is 202 g/mol. The fourth-order valence-electron chi connectivity index (χ4n) is 1.90. The molecule has 2 atom stereocenters. The Morgan fingerprint density at radius 2 is 2.36 bits per heavy atom. The van der Waals surface area contributed by atoms with Gasteiger partial charge >= 0.3 is 0 Å². The fraction of sp³-hybridized carbons (Fsp3) is 1.00. The number of hydrogen-bond donors (Lipinski definition) is 3. The minimum absolute atomic E-state index is 0.154. The standard InChI is InChI=1S/C10H22N2O2/c1-12-5-3-9(7-12)2-4-11-6-10(14)8-13/h9-11,13-14H,2-8H2,1H3. The smallest absolute Gasteiger partial charge is 0.0894 e. The second-order valence-electron chi connectivity index (χ2n) is 4.25. The summed E-state index contributed by atoms with van der Waals surface area (Å²) in [6.07, 6.45) is 1.85. The fourth-order valence-corrected chi connectivity index (χ4v) is 1.90. The molecular weight excluding hydrogens is 180 g/mol. The van der Waals surface area contributed by atoms with E-state index < -0.39 is 6.10 Å². The van der Waals surface area contributed by atoms with Crippen molar-refractivity contribution in [1.82, 2.24) is 10.2 Å². The third-order valence-electron chi connectivity index (χ3n) is 2.81. The topological polar surface area (TPSA) is 55.7 Å². The molecule has 1 heterocycles. The van der Waals surface area contributed by atoms with Crippen molar-refractivity contribution in [2.24, 2.45) is 5.92 Å². The molecule has 4 nitrogen and oxygen atoms in total. The first-order valence-corrected chi connectivity index (χ1v) is 5.40. The molecule has 84 valence electrons. The maximum absolute atomic E-state index is 9.07. The van der Waals surface area contributed by atoms with E-state index in [1.54, 1.807) is 0 Å². The molecule has 1 fully saturated rings. The molecule has 1 aliphatic heterocycles. The van der Waals surface area contributed by atoms with Crippen LogP contribution in [0.5, 0.6) is 0 Å². The number of aliphatic hydroxyl groups is 2. The van der Waals surface area contributed by atoms with Gasteiger partial charge < -0.3 is 20.4 Å². The normalized spacial score (nSPS) is 25.5. The van der Waals surface area contributed by atoms with Crippen LogP contribution in [0.25, 0.3) is 0 Å². The Balaban J connectivity index is 1.94. The van der Waals surface area contributed by atoms with Crippen LogP contribution in [0.2, 0.25) is 0 Å². The number of likely N-dealkylation sites (tertiary alicyclic amines) is 1. The molecule has 1 rings (SSSR count). The molecule has 1 saturated heterocycles. The maximum atomic E-state index is 9.07. The van der Waals surface area contributed by atoms with Gasteiger partial charge in [-0.3, -0.25) is 0 Å². The van der Waals surface area contributed by atoms with Crippen LogP contribution in [-0.4, -0.2) is 61.1 Å². The second-order valence-corrected chi connectivity index (χ2v) is 4.25. The Hall–Kier alpha value is -0.160. The highest BCUT2D eigenvalue weighted by molar-refractivity contribution is 4.73. The number of nitrogens with one attached hydrogen (secondary N) is 1. The molecular formula is C10H22N2O2. The second kappa shape index (κ2) is 6.35. The molecule has 2 unspecified atom stereocenters. The predicted octanol–water partition coefficient (Wildman–Crippen LogP) is -0.729. The van der Waals surface area contributed by atoms with Crippen molar-refractivity contribution in [1.29, 1.82) is 0 Å². The minimum atomic E-state index is -0.610. The average molecular weight is 202 g/mol. The molecule has 0 bridgehead atoms. The Morgan fingerprint density at radius 1 is 1.57 bits per heavy atom. The van der Waals surface area contributed by atoms with E-state index in [1.807, 2.05) is 0 Å². The minimum Gasteiger partial charge on any atom is -0.394 e. The molecule has 3 N–H and O–H groups in total. The van der Waals surface area contributed by atoms with E-state index in [0.29, 0.717) is 6.54 Å². The van der Waals surface area contributed by atoms with Crippen LogP contribution in [0, 0.1) is 5.92 Å². The van der Waals surface area contributed by atoms with Gasteiger partial charge in [0, 0.05) is 13.1 Å². The Bertz CT molecular complexity index is 155. The molecule has 4 heteroatoms. The van der Waals surface area contributed by atoms with Gasteiger partial charge in [0.1, 0.15) is 0 Å². The molecule has 0 aromatic rings. The lowest BCUT2D eigenvalue weighted by Crippen LogP contribution is -2.30. The Labute approximate surface area is 85.9 Å². The van der Waals surface area contributed by atoms with Crippen LogP contribution in [0.15, 0.2) is 0 Å². The zero-order valence-corrected chi connectivity index (χ0v) is 8.95. The summed E-state index contributed by atoms with van der Waals surface area (Å²) in [5, 5.41) is 20.8. The lowest BCUT2D eigenvalue weighted by atomic mass is 10.1. The van der Waals surface area contributed by atoms with E-state index in [1.165, 1.54) is 25.9 Å². The number of aliphatic hydroxyl groups excluding tert-OH is 2. The summed E-state index contributed by atoms with van der Waals surface area (Å²) < 4.78 is 0.